The summed E-state index contributed by atoms with van der Waals surface area (Å²) in [5, 5.41) is 0. The van der Waals surface area contributed by atoms with E-state index in [1.165, 1.54) is 24.0 Å². The molecule has 0 fully saturated rings. The van der Waals surface area contributed by atoms with E-state index in [1.807, 2.05) is 0 Å². The molecule has 0 bridgehead atoms. The van der Waals surface area contributed by atoms with Crippen molar-refractivity contribution in [1.82, 2.24) is 14.7 Å². The Morgan fingerprint density at radius 1 is 0.593 bits per heavy atom. The number of hydrogen-bond acceptors (Lipinski definition) is 3. The first-order valence-corrected chi connectivity index (χ1v) is 10.2. The summed E-state index contributed by atoms with van der Waals surface area (Å²) in [7, 11) is 8.64. The minimum Gasteiger partial charge on any atom is -0.309 e. The summed E-state index contributed by atoms with van der Waals surface area (Å²) in [5.41, 5.74) is 2.82. The van der Waals surface area contributed by atoms with Crippen LogP contribution in [0, 0.1) is 0 Å². The molecule has 27 heavy (non-hydrogen) atoms. The predicted molar refractivity (Wildman–Crippen MR) is 118 cm³/mol. The normalized spacial score (nSPS) is 11.9. The topological polar surface area (TPSA) is 9.72 Å². The highest BCUT2D eigenvalue weighted by atomic mass is 15.1. The summed E-state index contributed by atoms with van der Waals surface area (Å²) in [6, 6.07) is 22.0. The second kappa shape index (κ2) is 11.9. The molecule has 2 aromatic rings. The maximum absolute atomic E-state index is 2.66. The van der Waals surface area contributed by atoms with Gasteiger partial charge < -0.3 is 14.7 Å². The third-order valence-electron chi connectivity index (χ3n) is 5.00. The quantitative estimate of drug-likeness (QED) is 0.561. The highest BCUT2D eigenvalue weighted by Gasteiger charge is 2.18. The zero-order chi connectivity index (χ0) is 19.5. The molecule has 0 aliphatic carbocycles. The van der Waals surface area contributed by atoms with Gasteiger partial charge in [0.15, 0.2) is 0 Å². The van der Waals surface area contributed by atoms with Gasteiger partial charge in [-0.2, -0.15) is 0 Å². The lowest BCUT2D eigenvalue weighted by Gasteiger charge is -2.29. The van der Waals surface area contributed by atoms with Crippen LogP contribution in [0.15, 0.2) is 60.7 Å². The Kier molecular flexibility index (Phi) is 9.54. The molecule has 0 aromatic heterocycles. The summed E-state index contributed by atoms with van der Waals surface area (Å²) in [6.45, 7) is 5.68. The summed E-state index contributed by atoms with van der Waals surface area (Å²) in [5.74, 6) is 0.422. The molecule has 2 aromatic carbocycles. The number of benzene rings is 2. The molecule has 0 saturated carbocycles. The molecule has 148 valence electrons. The monoisotopic (exact) mass is 367 g/mol. The molecule has 3 nitrogen and oxygen atoms in total. The molecule has 0 amide bonds. The van der Waals surface area contributed by atoms with Crippen molar-refractivity contribution in [3.8, 4) is 0 Å². The van der Waals surface area contributed by atoms with Crippen molar-refractivity contribution in [3.05, 3.63) is 71.8 Å². The van der Waals surface area contributed by atoms with Crippen molar-refractivity contribution in [2.75, 3.05) is 60.9 Å². The molecule has 0 radical (unpaired) electrons. The van der Waals surface area contributed by atoms with Crippen LogP contribution in [0.1, 0.15) is 29.9 Å². The number of nitrogens with zero attached hydrogens (tertiary/aromatic N) is 3. The van der Waals surface area contributed by atoms with Gasteiger partial charge in [0.1, 0.15) is 0 Å². The Labute approximate surface area is 166 Å². The lowest BCUT2D eigenvalue weighted by atomic mass is 9.90. The summed E-state index contributed by atoms with van der Waals surface area (Å²) < 4.78 is 0. The van der Waals surface area contributed by atoms with Gasteiger partial charge in [0, 0.05) is 12.5 Å². The third kappa shape index (κ3) is 8.25. The van der Waals surface area contributed by atoms with Crippen molar-refractivity contribution in [2.24, 2.45) is 0 Å². The van der Waals surface area contributed by atoms with Crippen LogP contribution in [-0.2, 0) is 0 Å². The van der Waals surface area contributed by atoms with Gasteiger partial charge in [-0.3, -0.25) is 0 Å². The number of hydrogen-bond donors (Lipinski definition) is 0. The van der Waals surface area contributed by atoms with Gasteiger partial charge in [0.05, 0.1) is 0 Å². The minimum absolute atomic E-state index is 0.422. The fourth-order valence-corrected chi connectivity index (χ4v) is 3.55. The van der Waals surface area contributed by atoms with E-state index >= 15 is 0 Å². The predicted octanol–water partition coefficient (Wildman–Crippen LogP) is 4.02. The van der Waals surface area contributed by atoms with E-state index in [0.717, 1.165) is 32.7 Å². The van der Waals surface area contributed by atoms with Gasteiger partial charge >= 0.3 is 0 Å². The highest BCUT2D eigenvalue weighted by molar-refractivity contribution is 5.32. The number of rotatable bonds is 12. The van der Waals surface area contributed by atoms with Gasteiger partial charge in [-0.25, -0.2) is 0 Å². The highest BCUT2D eigenvalue weighted by Crippen LogP contribution is 2.25. The first-order valence-electron chi connectivity index (χ1n) is 10.2. The van der Waals surface area contributed by atoms with E-state index in [4.69, 9.17) is 0 Å². The molecule has 0 unspecified atom stereocenters. The largest absolute Gasteiger partial charge is 0.309 e. The Morgan fingerprint density at radius 3 is 1.37 bits per heavy atom. The lowest BCUT2D eigenvalue weighted by molar-refractivity contribution is 0.235. The van der Waals surface area contributed by atoms with E-state index in [9.17, 15) is 0 Å². The van der Waals surface area contributed by atoms with Gasteiger partial charge in [-0.15, -0.1) is 0 Å². The molecule has 0 spiro atoms. The second-order valence-corrected chi connectivity index (χ2v) is 7.99. The third-order valence-corrected chi connectivity index (χ3v) is 5.00. The zero-order valence-corrected chi connectivity index (χ0v) is 17.6. The molecule has 2 rings (SSSR count). The van der Waals surface area contributed by atoms with Crippen LogP contribution >= 0.6 is 0 Å². The Morgan fingerprint density at radius 2 is 1.00 bits per heavy atom. The molecule has 0 N–H and O–H groups in total. The van der Waals surface area contributed by atoms with Crippen LogP contribution < -0.4 is 0 Å². The molecule has 0 atom stereocenters. The van der Waals surface area contributed by atoms with Crippen molar-refractivity contribution < 1.29 is 0 Å². The van der Waals surface area contributed by atoms with E-state index < -0.39 is 0 Å². The molecule has 0 aliphatic rings. The first-order chi connectivity index (χ1) is 13.1. The lowest BCUT2D eigenvalue weighted by Crippen LogP contribution is -2.34. The molecule has 0 aliphatic heterocycles. The fraction of sp³-hybridized carbons (Fsp3) is 0.500. The van der Waals surface area contributed by atoms with Crippen molar-refractivity contribution in [3.63, 3.8) is 0 Å². The molecular weight excluding hydrogens is 330 g/mol. The van der Waals surface area contributed by atoms with Gasteiger partial charge in [0.25, 0.3) is 0 Å². The van der Waals surface area contributed by atoms with E-state index in [2.05, 4.69) is 104 Å². The zero-order valence-electron chi connectivity index (χ0n) is 17.6. The first kappa shape index (κ1) is 21.6. The summed E-state index contributed by atoms with van der Waals surface area (Å²) in [6.07, 6.45) is 2.43. The van der Waals surface area contributed by atoms with E-state index in [-0.39, 0.29) is 0 Å². The minimum atomic E-state index is 0.422. The smallest absolute Gasteiger partial charge is 0.0217 e. The van der Waals surface area contributed by atoms with Crippen LogP contribution in [0.2, 0.25) is 0 Å². The van der Waals surface area contributed by atoms with Crippen LogP contribution in [0.3, 0.4) is 0 Å². The van der Waals surface area contributed by atoms with Crippen molar-refractivity contribution >= 4 is 0 Å². The van der Waals surface area contributed by atoms with Crippen LogP contribution in [0.25, 0.3) is 0 Å². The van der Waals surface area contributed by atoms with Gasteiger partial charge in [0.2, 0.25) is 0 Å². The molecular formula is C24H37N3. The molecule has 0 heterocycles. The Bertz CT molecular complexity index is 557. The summed E-state index contributed by atoms with van der Waals surface area (Å²) in [4.78, 5) is 7.23. The Balaban J connectivity index is 2.12. The second-order valence-electron chi connectivity index (χ2n) is 7.99. The standard InChI is InChI=1S/C24H37N3/c1-25(2)17-11-19-27(20-12-18-26(3)4)21-24(22-13-7-5-8-14-22)23-15-9-6-10-16-23/h5-10,13-16,24H,11-12,17-21H2,1-4H3. The van der Waals surface area contributed by atoms with E-state index in [0.29, 0.717) is 5.92 Å². The Hall–Kier alpha value is -1.68. The average Bonchev–Trinajstić information content (AvgIpc) is 2.66. The van der Waals surface area contributed by atoms with Crippen LogP contribution in [0.4, 0.5) is 0 Å². The average molecular weight is 368 g/mol. The van der Waals surface area contributed by atoms with Crippen molar-refractivity contribution in [1.29, 1.82) is 0 Å². The van der Waals surface area contributed by atoms with Gasteiger partial charge in [-0.05, 0) is 78.3 Å². The maximum atomic E-state index is 2.66. The fourth-order valence-electron chi connectivity index (χ4n) is 3.55. The van der Waals surface area contributed by atoms with Crippen molar-refractivity contribution in [2.45, 2.75) is 18.8 Å². The summed E-state index contributed by atoms with van der Waals surface area (Å²) >= 11 is 0. The SMILES string of the molecule is CN(C)CCCN(CCCN(C)C)CC(c1ccccc1)c1ccccc1. The van der Waals surface area contributed by atoms with E-state index in [1.54, 1.807) is 0 Å². The van der Waals surface area contributed by atoms with Crippen LogP contribution in [0.5, 0.6) is 0 Å². The van der Waals surface area contributed by atoms with Crippen LogP contribution in [-0.4, -0.2) is 75.6 Å². The molecule has 0 saturated heterocycles. The molecule has 3 heteroatoms. The van der Waals surface area contributed by atoms with Gasteiger partial charge in [-0.1, -0.05) is 60.7 Å². The maximum Gasteiger partial charge on any atom is 0.0217 e.